The van der Waals surface area contributed by atoms with E-state index in [1.807, 2.05) is 17.9 Å². The lowest BCUT2D eigenvalue weighted by molar-refractivity contribution is 0.0664. The van der Waals surface area contributed by atoms with Crippen LogP contribution in [0.3, 0.4) is 0 Å². The highest BCUT2D eigenvalue weighted by molar-refractivity contribution is 4.98. The lowest BCUT2D eigenvalue weighted by Crippen LogP contribution is -2.29. The van der Waals surface area contributed by atoms with Gasteiger partial charge < -0.3 is 10.1 Å². The van der Waals surface area contributed by atoms with Crippen molar-refractivity contribution < 1.29 is 4.74 Å². The SMILES string of the molecule is Cn1ccc(CCNCC2CCOCC2)n1. The van der Waals surface area contributed by atoms with Gasteiger partial charge in [-0.2, -0.15) is 5.10 Å². The number of rotatable bonds is 5. The van der Waals surface area contributed by atoms with Crippen molar-refractivity contribution in [2.24, 2.45) is 13.0 Å². The minimum Gasteiger partial charge on any atom is -0.381 e. The van der Waals surface area contributed by atoms with E-state index < -0.39 is 0 Å². The van der Waals surface area contributed by atoms with Gasteiger partial charge in [-0.05, 0) is 31.4 Å². The second-order valence-corrected chi connectivity index (χ2v) is 4.49. The zero-order valence-electron chi connectivity index (χ0n) is 9.98. The van der Waals surface area contributed by atoms with Crippen molar-refractivity contribution in [2.45, 2.75) is 19.3 Å². The van der Waals surface area contributed by atoms with Crippen molar-refractivity contribution >= 4 is 0 Å². The second-order valence-electron chi connectivity index (χ2n) is 4.49. The van der Waals surface area contributed by atoms with Crippen LogP contribution in [0.4, 0.5) is 0 Å². The molecule has 1 aliphatic rings. The quantitative estimate of drug-likeness (QED) is 0.756. The summed E-state index contributed by atoms with van der Waals surface area (Å²) in [6.07, 6.45) is 5.42. The van der Waals surface area contributed by atoms with Crippen LogP contribution in [0.5, 0.6) is 0 Å². The number of aryl methyl sites for hydroxylation is 1. The number of hydrogen-bond acceptors (Lipinski definition) is 3. The highest BCUT2D eigenvalue weighted by Gasteiger charge is 2.12. The first-order valence-corrected chi connectivity index (χ1v) is 6.11. The van der Waals surface area contributed by atoms with Crippen LogP contribution in [-0.2, 0) is 18.2 Å². The number of ether oxygens (including phenoxy) is 1. The zero-order chi connectivity index (χ0) is 11.2. The molecule has 0 unspecified atom stereocenters. The summed E-state index contributed by atoms with van der Waals surface area (Å²) in [5.74, 6) is 0.803. The molecule has 0 amide bonds. The molecule has 4 nitrogen and oxygen atoms in total. The van der Waals surface area contributed by atoms with Gasteiger partial charge in [0, 0.05) is 39.4 Å². The normalized spacial score (nSPS) is 17.8. The summed E-state index contributed by atoms with van der Waals surface area (Å²) in [4.78, 5) is 0. The smallest absolute Gasteiger partial charge is 0.0637 e. The molecule has 1 N–H and O–H groups in total. The molecule has 1 fully saturated rings. The molecule has 0 saturated carbocycles. The molecule has 1 aromatic rings. The Balaban J connectivity index is 1.57. The molecule has 0 spiro atoms. The van der Waals surface area contributed by atoms with E-state index in [4.69, 9.17) is 4.74 Å². The van der Waals surface area contributed by atoms with Crippen LogP contribution in [0.1, 0.15) is 18.5 Å². The molecule has 1 saturated heterocycles. The van der Waals surface area contributed by atoms with Crippen molar-refractivity contribution in [3.63, 3.8) is 0 Å². The van der Waals surface area contributed by atoms with E-state index in [1.165, 1.54) is 18.5 Å². The Bertz CT molecular complexity index is 305. The Kier molecular flexibility index (Phi) is 4.36. The van der Waals surface area contributed by atoms with Crippen LogP contribution in [-0.4, -0.2) is 36.1 Å². The first-order valence-electron chi connectivity index (χ1n) is 6.11. The van der Waals surface area contributed by atoms with Gasteiger partial charge in [0.05, 0.1) is 5.69 Å². The van der Waals surface area contributed by atoms with E-state index >= 15 is 0 Å². The summed E-state index contributed by atoms with van der Waals surface area (Å²) in [7, 11) is 1.96. The third-order valence-electron chi connectivity index (χ3n) is 3.10. The monoisotopic (exact) mass is 223 g/mol. The van der Waals surface area contributed by atoms with E-state index in [1.54, 1.807) is 0 Å². The topological polar surface area (TPSA) is 39.1 Å². The molecule has 2 heterocycles. The summed E-state index contributed by atoms with van der Waals surface area (Å²) >= 11 is 0. The summed E-state index contributed by atoms with van der Waals surface area (Å²) in [5.41, 5.74) is 1.17. The molecule has 1 aliphatic heterocycles. The van der Waals surface area contributed by atoms with Crippen molar-refractivity contribution in [1.82, 2.24) is 15.1 Å². The van der Waals surface area contributed by atoms with Gasteiger partial charge in [-0.3, -0.25) is 4.68 Å². The molecule has 4 heteroatoms. The first-order chi connectivity index (χ1) is 7.84. The minimum atomic E-state index is 0.803. The van der Waals surface area contributed by atoms with Gasteiger partial charge in [0.2, 0.25) is 0 Å². The maximum atomic E-state index is 5.34. The van der Waals surface area contributed by atoms with Crippen molar-refractivity contribution in [1.29, 1.82) is 0 Å². The van der Waals surface area contributed by atoms with Gasteiger partial charge in [-0.1, -0.05) is 0 Å². The van der Waals surface area contributed by atoms with Crippen molar-refractivity contribution in [2.75, 3.05) is 26.3 Å². The van der Waals surface area contributed by atoms with Gasteiger partial charge in [0.15, 0.2) is 0 Å². The minimum absolute atomic E-state index is 0.803. The van der Waals surface area contributed by atoms with Gasteiger partial charge in [0.1, 0.15) is 0 Å². The lowest BCUT2D eigenvalue weighted by atomic mass is 10.0. The third-order valence-corrected chi connectivity index (χ3v) is 3.10. The Hall–Kier alpha value is -0.870. The first kappa shape index (κ1) is 11.6. The van der Waals surface area contributed by atoms with Crippen LogP contribution in [0, 0.1) is 5.92 Å². The molecule has 16 heavy (non-hydrogen) atoms. The average molecular weight is 223 g/mol. The fourth-order valence-electron chi connectivity index (χ4n) is 2.07. The zero-order valence-corrected chi connectivity index (χ0v) is 9.98. The Morgan fingerprint density at radius 1 is 1.50 bits per heavy atom. The van der Waals surface area contributed by atoms with E-state index in [9.17, 15) is 0 Å². The fraction of sp³-hybridized carbons (Fsp3) is 0.750. The molecule has 0 radical (unpaired) electrons. The van der Waals surface area contributed by atoms with E-state index in [0.29, 0.717) is 0 Å². The number of nitrogens with one attached hydrogen (secondary N) is 1. The highest BCUT2D eigenvalue weighted by Crippen LogP contribution is 2.12. The maximum absolute atomic E-state index is 5.34. The molecular weight excluding hydrogens is 202 g/mol. The molecule has 0 bridgehead atoms. The van der Waals surface area contributed by atoms with Crippen LogP contribution in [0.25, 0.3) is 0 Å². The summed E-state index contributed by atoms with van der Waals surface area (Å²) in [5, 5.41) is 7.86. The average Bonchev–Trinajstić information content (AvgIpc) is 2.72. The van der Waals surface area contributed by atoms with E-state index in [-0.39, 0.29) is 0 Å². The number of aromatic nitrogens is 2. The predicted molar refractivity (Wildman–Crippen MR) is 63.3 cm³/mol. The molecule has 1 aromatic heterocycles. The van der Waals surface area contributed by atoms with Crippen LogP contribution >= 0.6 is 0 Å². The Labute approximate surface area is 97.0 Å². The van der Waals surface area contributed by atoms with Crippen LogP contribution < -0.4 is 5.32 Å². The van der Waals surface area contributed by atoms with E-state index in [0.717, 1.165) is 38.6 Å². The van der Waals surface area contributed by atoms with Crippen LogP contribution in [0.15, 0.2) is 12.3 Å². The van der Waals surface area contributed by atoms with Crippen molar-refractivity contribution in [3.05, 3.63) is 18.0 Å². The van der Waals surface area contributed by atoms with Crippen LogP contribution in [0.2, 0.25) is 0 Å². The van der Waals surface area contributed by atoms with Crippen molar-refractivity contribution in [3.8, 4) is 0 Å². The molecule has 0 aliphatic carbocycles. The summed E-state index contributed by atoms with van der Waals surface area (Å²) < 4.78 is 7.19. The highest BCUT2D eigenvalue weighted by atomic mass is 16.5. The summed E-state index contributed by atoms with van der Waals surface area (Å²) in [6.45, 7) is 4.02. The molecule has 0 atom stereocenters. The second kappa shape index (κ2) is 6.01. The summed E-state index contributed by atoms with van der Waals surface area (Å²) in [6, 6.07) is 2.08. The molecule has 0 aromatic carbocycles. The molecule has 2 rings (SSSR count). The van der Waals surface area contributed by atoms with Gasteiger partial charge in [0.25, 0.3) is 0 Å². The predicted octanol–water partition coefficient (Wildman–Crippen LogP) is 0.979. The van der Waals surface area contributed by atoms with Gasteiger partial charge >= 0.3 is 0 Å². The third kappa shape index (κ3) is 3.61. The van der Waals surface area contributed by atoms with E-state index in [2.05, 4.69) is 16.5 Å². The lowest BCUT2D eigenvalue weighted by Gasteiger charge is -2.22. The Morgan fingerprint density at radius 2 is 2.31 bits per heavy atom. The van der Waals surface area contributed by atoms with Gasteiger partial charge in [-0.25, -0.2) is 0 Å². The molecular formula is C12H21N3O. The maximum Gasteiger partial charge on any atom is 0.0637 e. The number of nitrogens with zero attached hydrogens (tertiary/aromatic N) is 2. The fourth-order valence-corrected chi connectivity index (χ4v) is 2.07. The molecule has 90 valence electrons. The van der Waals surface area contributed by atoms with Gasteiger partial charge in [-0.15, -0.1) is 0 Å². The Morgan fingerprint density at radius 3 is 3.00 bits per heavy atom. The number of hydrogen-bond donors (Lipinski definition) is 1. The largest absolute Gasteiger partial charge is 0.381 e. The standard InChI is InChI=1S/C12H21N3O/c1-15-7-3-12(14-15)2-6-13-10-11-4-8-16-9-5-11/h3,7,11,13H,2,4-6,8-10H2,1H3.